The molecule has 22 heteroatoms. The molecule has 4 atom stereocenters. The van der Waals surface area contributed by atoms with E-state index in [1.807, 2.05) is 51.1 Å². The summed E-state index contributed by atoms with van der Waals surface area (Å²) >= 11 is 0. The van der Waals surface area contributed by atoms with E-state index in [4.69, 9.17) is 22.2 Å². The molecule has 20 nitrogen and oxygen atoms in total. The molecule has 10 N–H and O–H groups in total. The third kappa shape index (κ3) is 14.6. The molecular weight excluding hydrogens is 949 g/mol. The summed E-state index contributed by atoms with van der Waals surface area (Å²) in [4.78, 5) is 112. The van der Waals surface area contributed by atoms with Gasteiger partial charge in [-0.3, -0.25) is 38.5 Å². The number of amides is 9. The number of aliphatic hydroxyl groups excluding tert-OH is 1. The first-order valence-electron chi connectivity index (χ1n) is 23.6. The molecule has 5 rings (SSSR count). The van der Waals surface area contributed by atoms with Crippen LogP contribution in [0.25, 0.3) is 11.3 Å². The number of hydrogen-bond acceptors (Lipinski definition) is 11. The van der Waals surface area contributed by atoms with Crippen LogP contribution in [0.3, 0.4) is 0 Å². The SMILES string of the molecule is CC(C)[C@H](NC(=O)CCNC(=O)[C@@H](N)CCN(C(=O)CO)[C@@H](c1nc(-c2cc(F)ccc2F)cn1Cc1ccccc1)C(C)(C)C)C(=O)N(c1ccc(N2C(=O)C=CC2=O)cc1)[C@@H](CCCNC(N)=O)C(N)=O. The predicted octanol–water partition coefficient (Wildman–Crippen LogP) is 2.91. The van der Waals surface area contributed by atoms with Crippen LogP contribution in [-0.2, 0) is 40.1 Å². The molecule has 390 valence electrons. The average molecular weight is 1010 g/mol. The maximum atomic E-state index is 15.2. The van der Waals surface area contributed by atoms with E-state index in [1.54, 1.807) is 24.6 Å². The molecular formula is C51H63F2N11O9. The highest BCUT2D eigenvalue weighted by Crippen LogP contribution is 2.40. The first-order valence-corrected chi connectivity index (χ1v) is 23.6. The van der Waals surface area contributed by atoms with E-state index in [0.29, 0.717) is 5.82 Å². The van der Waals surface area contributed by atoms with Gasteiger partial charge < -0.3 is 47.7 Å². The molecule has 1 aliphatic rings. The monoisotopic (exact) mass is 1010 g/mol. The normalized spacial score (nSPS) is 14.1. The van der Waals surface area contributed by atoms with Crippen LogP contribution in [0, 0.1) is 23.0 Å². The first-order chi connectivity index (χ1) is 34.5. The number of primary amides is 2. The van der Waals surface area contributed by atoms with Crippen LogP contribution >= 0.6 is 0 Å². The summed E-state index contributed by atoms with van der Waals surface area (Å²) < 4.78 is 31.3. The summed E-state index contributed by atoms with van der Waals surface area (Å²) in [6.45, 7) is 7.83. The number of rotatable bonds is 24. The third-order valence-corrected chi connectivity index (χ3v) is 12.0. The van der Waals surface area contributed by atoms with E-state index < -0.39 is 101 Å². The lowest BCUT2D eigenvalue weighted by Gasteiger charge is -2.40. The number of hydrogen-bond donors (Lipinski definition) is 7. The third-order valence-electron chi connectivity index (χ3n) is 12.0. The van der Waals surface area contributed by atoms with Crippen LogP contribution in [0.15, 0.2) is 91.1 Å². The number of aromatic nitrogens is 2. The number of nitrogens with one attached hydrogen (secondary N) is 3. The number of carbonyl (C=O) groups is 8. The maximum absolute atomic E-state index is 15.2. The summed E-state index contributed by atoms with van der Waals surface area (Å²) in [6, 6.07) is 12.5. The van der Waals surface area contributed by atoms with Gasteiger partial charge in [0.15, 0.2) is 0 Å². The van der Waals surface area contributed by atoms with Crippen molar-refractivity contribution in [2.45, 2.75) is 91.0 Å². The molecule has 73 heavy (non-hydrogen) atoms. The number of urea groups is 1. The summed E-state index contributed by atoms with van der Waals surface area (Å²) in [6.07, 6.45) is 3.46. The van der Waals surface area contributed by atoms with Crippen molar-refractivity contribution in [2.24, 2.45) is 28.5 Å². The topological polar surface area (TPSA) is 298 Å². The Morgan fingerprint density at radius 2 is 1.52 bits per heavy atom. The lowest BCUT2D eigenvalue weighted by Crippen LogP contribution is -2.57. The predicted molar refractivity (Wildman–Crippen MR) is 266 cm³/mol. The number of imide groups is 1. The quantitative estimate of drug-likeness (QED) is 0.0396. The van der Waals surface area contributed by atoms with Crippen LogP contribution in [0.4, 0.5) is 25.0 Å². The van der Waals surface area contributed by atoms with Crippen LogP contribution in [0.5, 0.6) is 0 Å². The van der Waals surface area contributed by atoms with Gasteiger partial charge in [0.2, 0.25) is 23.6 Å². The van der Waals surface area contributed by atoms with Crippen molar-refractivity contribution in [1.29, 1.82) is 0 Å². The number of nitrogens with two attached hydrogens (primary N) is 3. The zero-order chi connectivity index (χ0) is 53.7. The Labute approximate surface area is 421 Å². The Morgan fingerprint density at radius 3 is 2.11 bits per heavy atom. The van der Waals surface area contributed by atoms with Gasteiger partial charge in [-0.15, -0.1) is 0 Å². The first kappa shape index (κ1) is 56.1. The second-order valence-corrected chi connectivity index (χ2v) is 18.9. The molecule has 9 amide bonds. The van der Waals surface area contributed by atoms with Crippen LogP contribution in [0.1, 0.15) is 77.7 Å². The number of imidazole rings is 1. The molecule has 0 aliphatic carbocycles. The fourth-order valence-electron chi connectivity index (χ4n) is 8.39. The molecule has 0 saturated carbocycles. The van der Waals surface area contributed by atoms with Crippen molar-refractivity contribution in [2.75, 3.05) is 36.0 Å². The van der Waals surface area contributed by atoms with Gasteiger partial charge >= 0.3 is 6.03 Å². The second-order valence-electron chi connectivity index (χ2n) is 18.9. The lowest BCUT2D eigenvalue weighted by molar-refractivity contribution is -0.140. The largest absolute Gasteiger partial charge is 0.387 e. The molecule has 0 saturated heterocycles. The van der Waals surface area contributed by atoms with Crippen LogP contribution in [-0.4, -0.2) is 111 Å². The van der Waals surface area contributed by atoms with Crippen molar-refractivity contribution in [3.63, 3.8) is 0 Å². The van der Waals surface area contributed by atoms with Gasteiger partial charge in [0.05, 0.1) is 23.5 Å². The summed E-state index contributed by atoms with van der Waals surface area (Å²) in [5.41, 5.74) is 17.8. The Morgan fingerprint density at radius 1 is 0.863 bits per heavy atom. The molecule has 4 aromatic rings. The molecule has 0 bridgehead atoms. The zero-order valence-electron chi connectivity index (χ0n) is 41.3. The second kappa shape index (κ2) is 25.0. The Kier molecular flexibility index (Phi) is 19.2. The molecule has 1 aromatic heterocycles. The minimum absolute atomic E-state index is 0.0403. The Hall–Kier alpha value is -7.85. The van der Waals surface area contributed by atoms with Crippen molar-refractivity contribution < 1.29 is 52.2 Å². The van der Waals surface area contributed by atoms with E-state index in [2.05, 4.69) is 16.0 Å². The van der Waals surface area contributed by atoms with Crippen molar-refractivity contribution in [3.05, 3.63) is 114 Å². The molecule has 2 heterocycles. The van der Waals surface area contributed by atoms with Gasteiger partial charge in [-0.25, -0.2) is 23.5 Å². The Balaban J connectivity index is 1.30. The minimum atomic E-state index is -1.30. The molecule has 3 aromatic carbocycles. The fourth-order valence-corrected chi connectivity index (χ4v) is 8.39. The van der Waals surface area contributed by atoms with Gasteiger partial charge in [-0.2, -0.15) is 0 Å². The number of anilines is 2. The van der Waals surface area contributed by atoms with Crippen molar-refractivity contribution in [3.8, 4) is 11.3 Å². The maximum Gasteiger partial charge on any atom is 0.312 e. The van der Waals surface area contributed by atoms with Gasteiger partial charge in [0.1, 0.15) is 36.1 Å². The van der Waals surface area contributed by atoms with E-state index in [9.17, 15) is 47.9 Å². The number of aliphatic hydroxyl groups is 1. The molecule has 0 unspecified atom stereocenters. The van der Waals surface area contributed by atoms with Gasteiger partial charge in [0.25, 0.3) is 17.7 Å². The number of nitrogens with zero attached hydrogens (tertiary/aromatic N) is 5. The van der Waals surface area contributed by atoms with Crippen LogP contribution < -0.4 is 43.0 Å². The summed E-state index contributed by atoms with van der Waals surface area (Å²) in [5, 5.41) is 17.9. The van der Waals surface area contributed by atoms with Crippen molar-refractivity contribution in [1.82, 2.24) is 30.4 Å². The van der Waals surface area contributed by atoms with Gasteiger partial charge in [0, 0.05) is 62.2 Å². The smallest absolute Gasteiger partial charge is 0.312 e. The average Bonchev–Trinajstić information content (AvgIpc) is 3.90. The molecule has 0 radical (unpaired) electrons. The highest BCUT2D eigenvalue weighted by Gasteiger charge is 2.40. The van der Waals surface area contributed by atoms with E-state index in [1.165, 1.54) is 29.2 Å². The highest BCUT2D eigenvalue weighted by molar-refractivity contribution is 6.28. The van der Waals surface area contributed by atoms with E-state index >= 15 is 4.39 Å². The number of benzene rings is 3. The lowest BCUT2D eigenvalue weighted by atomic mass is 9.84. The Bertz CT molecular complexity index is 2670. The van der Waals surface area contributed by atoms with E-state index in [0.717, 1.165) is 45.7 Å². The standard InChI is InChI=1S/C51H63F2N11O9/c1-30(2)44(49(72)63(39(46(55)70)12-9-23-58-50(56)73)33-14-16-34(17-15-33)64-41(67)19-20-42(64)68)60-40(66)21-24-57-48(71)37(54)22-25-62(43(69)29-65)45(51(3,4)5)47-59-38(35-26-32(52)13-18-36(35)53)28-61(47)27-31-10-7-6-8-11-31/h6-8,10-11,13-20,26,28,30,37,39,44-45,65H,9,12,21-25,27,29,54H2,1-5H3,(H2,55,70)(H,57,71)(H,60,66)(H3,56,58,73)/t37-,39-,44-,45-/m0/s1. The van der Waals surface area contributed by atoms with Gasteiger partial charge in [-0.1, -0.05) is 65.0 Å². The fraction of sp³-hybridized carbons (Fsp3) is 0.392. The number of carbonyl (C=O) groups excluding carboxylic acids is 8. The molecule has 0 spiro atoms. The highest BCUT2D eigenvalue weighted by atomic mass is 19.1. The molecule has 0 fully saturated rings. The van der Waals surface area contributed by atoms with Crippen molar-refractivity contribution >= 4 is 58.8 Å². The van der Waals surface area contributed by atoms with E-state index in [-0.39, 0.29) is 74.5 Å². The molecule has 1 aliphatic heterocycles. The summed E-state index contributed by atoms with van der Waals surface area (Å²) in [5.74, 6) is -6.50. The zero-order valence-corrected chi connectivity index (χ0v) is 41.3. The van der Waals surface area contributed by atoms with Crippen LogP contribution in [0.2, 0.25) is 0 Å². The number of halogens is 2. The van der Waals surface area contributed by atoms with Gasteiger partial charge in [-0.05, 0) is 78.6 Å². The summed E-state index contributed by atoms with van der Waals surface area (Å²) in [7, 11) is 0. The minimum Gasteiger partial charge on any atom is -0.387 e.